The van der Waals surface area contributed by atoms with Gasteiger partial charge in [0, 0.05) is 74.5 Å². The van der Waals surface area contributed by atoms with Gasteiger partial charge in [0.05, 0.1) is 81.1 Å². The van der Waals surface area contributed by atoms with E-state index in [4.69, 9.17) is 45.7 Å². The minimum Gasteiger partial charge on any atom is -0.458 e. The average molecular weight is 1160 g/mol. The summed E-state index contributed by atoms with van der Waals surface area (Å²) in [6.07, 6.45) is -0.460. The average Bonchev–Trinajstić information content (AvgIpc) is 2.24. The van der Waals surface area contributed by atoms with Crippen molar-refractivity contribution in [2.45, 2.75) is 39.1 Å². The molecule has 4 aromatic heterocycles. The van der Waals surface area contributed by atoms with Gasteiger partial charge in [-0.2, -0.15) is 30.5 Å². The number of rotatable bonds is 20. The first-order valence-corrected chi connectivity index (χ1v) is 25.6. The maximum absolute atomic E-state index is 16.0. The number of hydrogen-bond acceptors (Lipinski definition) is 17. The maximum Gasteiger partial charge on any atom is 0.346 e. The summed E-state index contributed by atoms with van der Waals surface area (Å²) in [4.78, 5) is 53.1. The normalized spacial score (nSPS) is 11.2. The molecule has 4 heterocycles. The van der Waals surface area contributed by atoms with E-state index in [-0.39, 0.29) is 155 Å². The molecule has 4 N–H and O–H groups in total. The number of esters is 2. The molecule has 428 valence electrons. The number of nitrogen functional groups attached to an aromatic ring is 2. The van der Waals surface area contributed by atoms with E-state index in [1.807, 2.05) is 12.1 Å². The number of anilines is 2. The van der Waals surface area contributed by atoms with Gasteiger partial charge in [-0.15, -0.1) is 0 Å². The lowest BCUT2D eigenvalue weighted by molar-refractivity contribution is 0.0397. The monoisotopic (exact) mass is 1160 g/mol. The Hall–Kier alpha value is -10.8. The van der Waals surface area contributed by atoms with Gasteiger partial charge in [-0.25, -0.2) is 45.9 Å². The lowest BCUT2D eigenvalue weighted by Gasteiger charge is -2.12. The molecule has 6 aromatic carbocycles. The van der Waals surface area contributed by atoms with Crippen LogP contribution in [0.2, 0.25) is 0 Å². The number of nitriles is 2. The second-order valence-electron chi connectivity index (χ2n) is 19.0. The number of hydrogen-bond donors (Lipinski definition) is 2. The third-order valence-electron chi connectivity index (χ3n) is 13.4. The topological polar surface area (TPSA) is 267 Å². The van der Waals surface area contributed by atoms with Crippen molar-refractivity contribution in [1.29, 1.82) is 10.5 Å². The first-order valence-electron chi connectivity index (χ1n) is 25.6. The summed E-state index contributed by atoms with van der Waals surface area (Å²) >= 11 is 0. The summed E-state index contributed by atoms with van der Waals surface area (Å²) in [6, 6.07) is 25.5. The quantitative estimate of drug-likeness (QED) is 0.0408. The van der Waals surface area contributed by atoms with Gasteiger partial charge in [-0.05, 0) is 96.1 Å². The van der Waals surface area contributed by atoms with Crippen LogP contribution in [-0.4, -0.2) is 78.4 Å². The minimum absolute atomic E-state index is 0.0517. The lowest BCUT2D eigenvalue weighted by atomic mass is 10.0. The number of imidazole rings is 2. The van der Waals surface area contributed by atoms with Crippen molar-refractivity contribution in [3.8, 4) is 46.7 Å². The second-order valence-corrected chi connectivity index (χ2v) is 19.0. The van der Waals surface area contributed by atoms with Crippen LogP contribution in [0.25, 0.3) is 44.6 Å². The van der Waals surface area contributed by atoms with Crippen molar-refractivity contribution >= 4 is 45.6 Å². The van der Waals surface area contributed by atoms with Gasteiger partial charge >= 0.3 is 24.0 Å². The Labute approximate surface area is 478 Å². The number of ether oxygens (including phenoxy) is 5. The first-order chi connectivity index (χ1) is 41.0. The van der Waals surface area contributed by atoms with E-state index in [1.54, 1.807) is 9.13 Å². The van der Waals surface area contributed by atoms with Gasteiger partial charge in [0.2, 0.25) is 0 Å². The molecular formula is C60H44F6N12O7. The van der Waals surface area contributed by atoms with E-state index >= 15 is 17.6 Å². The van der Waals surface area contributed by atoms with Crippen molar-refractivity contribution in [3.63, 3.8) is 0 Å². The molecule has 10 rings (SSSR count). The molecule has 0 fully saturated rings. The van der Waals surface area contributed by atoms with E-state index < -0.39 is 46.8 Å². The molecule has 0 unspecified atom stereocenters. The summed E-state index contributed by atoms with van der Waals surface area (Å²) in [5.41, 5.74) is 12.7. The number of carbonyl (C=O) groups is 2. The standard InChI is InChI=1S/C60H44F6N12O7/c1-81-13-11-77-51-19-33(7-9-47(51)71-55(77)21-37-17-45(65)39(23-43(37)63)49-25-53(69)75-59(73-49)83-29-35-5-3-31(27-67)15-41(35)61)57(79)85-58(80)34-8-10-48-52(20-34)78(12-14-82-2)56(72-48)22-38-18-46(66)40(24-44(38)64)50-26-54(70)76-60(74-50)84-30-36-6-4-32(28-68)16-42(36)62/h3-10,15-20,23-26H,11-14,21-22,29-30H2,1-2H3,(H2,69,73,75)(H2,70,74,76). The van der Waals surface area contributed by atoms with Crippen LogP contribution < -0.4 is 20.9 Å². The van der Waals surface area contributed by atoms with E-state index in [2.05, 4.69) is 29.9 Å². The summed E-state index contributed by atoms with van der Waals surface area (Å²) in [5.74, 6) is -6.63. The molecule has 0 amide bonds. The number of halogens is 6. The van der Waals surface area contributed by atoms with E-state index in [9.17, 15) is 18.4 Å². The molecule has 0 saturated heterocycles. The minimum atomic E-state index is -1.03. The predicted molar refractivity (Wildman–Crippen MR) is 293 cm³/mol. The lowest BCUT2D eigenvalue weighted by Crippen LogP contribution is -2.14. The van der Waals surface area contributed by atoms with E-state index in [0.29, 0.717) is 22.1 Å². The van der Waals surface area contributed by atoms with Crippen LogP contribution in [0.3, 0.4) is 0 Å². The summed E-state index contributed by atoms with van der Waals surface area (Å²) in [7, 11) is 2.93. The van der Waals surface area contributed by atoms with Crippen LogP contribution in [0, 0.1) is 57.6 Å². The molecule has 0 bridgehead atoms. The zero-order valence-electron chi connectivity index (χ0n) is 44.8. The summed E-state index contributed by atoms with van der Waals surface area (Å²) < 4.78 is 123. The Morgan fingerprint density at radius 2 is 0.906 bits per heavy atom. The van der Waals surface area contributed by atoms with Crippen molar-refractivity contribution < 1.29 is 59.6 Å². The number of aromatic nitrogens is 8. The number of carbonyl (C=O) groups excluding carboxylic acids is 2. The van der Waals surface area contributed by atoms with Gasteiger partial charge in [0.25, 0.3) is 0 Å². The van der Waals surface area contributed by atoms with Crippen molar-refractivity contribution in [2.24, 2.45) is 0 Å². The van der Waals surface area contributed by atoms with Gasteiger partial charge in [-0.3, -0.25) is 0 Å². The maximum atomic E-state index is 16.0. The Balaban J connectivity index is 0.846. The summed E-state index contributed by atoms with van der Waals surface area (Å²) in [6.45, 7) is -0.0976. The van der Waals surface area contributed by atoms with Crippen LogP contribution in [0.4, 0.5) is 38.0 Å². The van der Waals surface area contributed by atoms with Crippen LogP contribution in [0.5, 0.6) is 12.0 Å². The molecule has 0 atom stereocenters. The third kappa shape index (κ3) is 12.7. The zero-order chi connectivity index (χ0) is 60.1. The smallest absolute Gasteiger partial charge is 0.346 e. The molecule has 25 heteroatoms. The van der Waals surface area contributed by atoms with Crippen molar-refractivity contribution in [2.75, 3.05) is 38.9 Å². The van der Waals surface area contributed by atoms with Crippen molar-refractivity contribution in [1.82, 2.24) is 39.0 Å². The van der Waals surface area contributed by atoms with Gasteiger partial charge in [0.1, 0.15) is 71.4 Å². The Bertz CT molecular complexity index is 4100. The van der Waals surface area contributed by atoms with Crippen molar-refractivity contribution in [3.05, 3.63) is 200 Å². The molecule has 0 aliphatic heterocycles. The molecule has 10 aromatic rings. The largest absolute Gasteiger partial charge is 0.458 e. The Morgan fingerprint density at radius 1 is 0.494 bits per heavy atom. The fourth-order valence-corrected chi connectivity index (χ4v) is 9.16. The fourth-order valence-electron chi connectivity index (χ4n) is 9.16. The van der Waals surface area contributed by atoms with Gasteiger partial charge in [0.15, 0.2) is 0 Å². The van der Waals surface area contributed by atoms with E-state index in [1.165, 1.54) is 87.0 Å². The highest BCUT2D eigenvalue weighted by molar-refractivity contribution is 6.05. The second kappa shape index (κ2) is 24.8. The number of nitrogens with two attached hydrogens (primary N) is 2. The predicted octanol–water partition coefficient (Wildman–Crippen LogP) is 9.67. The molecule has 0 saturated carbocycles. The SMILES string of the molecule is COCCn1c(Cc2cc(F)c(-c3cc(N)nc(OCc4ccc(C#N)cc4F)n3)cc2F)nc2ccc(C(=O)OC(=O)c3ccc4nc(Cc5cc(F)c(-c6cc(N)nc(OCc7ccc(C#N)cc7F)n6)cc5F)n(CCOC)c4c3)cc21. The zero-order valence-corrected chi connectivity index (χ0v) is 44.8. The molecule has 0 radical (unpaired) electrons. The van der Waals surface area contributed by atoms with Crippen LogP contribution in [0.1, 0.15) is 65.7 Å². The molecule has 19 nitrogen and oxygen atoms in total. The molecule has 0 aliphatic carbocycles. The fraction of sp³-hybridized carbons (Fsp3) is 0.167. The highest BCUT2D eigenvalue weighted by Gasteiger charge is 2.24. The van der Waals surface area contributed by atoms with Crippen LogP contribution in [0.15, 0.2) is 109 Å². The number of benzene rings is 6. The molecule has 0 spiro atoms. The first kappa shape index (κ1) is 57.5. The molecule has 85 heavy (non-hydrogen) atoms. The Morgan fingerprint density at radius 3 is 1.29 bits per heavy atom. The van der Waals surface area contributed by atoms with Gasteiger partial charge in [-0.1, -0.05) is 12.1 Å². The highest BCUT2D eigenvalue weighted by atomic mass is 19.1. The Kier molecular flexibility index (Phi) is 16.7. The third-order valence-corrected chi connectivity index (χ3v) is 13.4. The number of nitrogens with zero attached hydrogens (tertiary/aromatic N) is 10. The molecule has 0 aliphatic rings. The highest BCUT2D eigenvalue weighted by Crippen LogP contribution is 2.32. The molecular weight excluding hydrogens is 1110 g/mol. The summed E-state index contributed by atoms with van der Waals surface area (Å²) in [5, 5.41) is 18.1. The van der Waals surface area contributed by atoms with Crippen LogP contribution in [-0.2, 0) is 53.4 Å². The number of methoxy groups -OCH3 is 2. The van der Waals surface area contributed by atoms with Gasteiger partial charge < -0.3 is 44.3 Å². The number of fused-ring (bicyclic) bond motifs is 2. The van der Waals surface area contributed by atoms with Crippen LogP contribution >= 0.6 is 0 Å². The van der Waals surface area contributed by atoms with E-state index in [0.717, 1.165) is 36.4 Å².